The molecular formula is C19H24BrN3O3. The van der Waals surface area contributed by atoms with Crippen molar-refractivity contribution in [2.75, 3.05) is 6.54 Å². The molecule has 1 aliphatic heterocycles. The summed E-state index contributed by atoms with van der Waals surface area (Å²) in [4.78, 5) is 38.6. The van der Waals surface area contributed by atoms with Crippen molar-refractivity contribution in [3.63, 3.8) is 0 Å². The Hall–Kier alpha value is -1.89. The minimum atomic E-state index is -0.786. The van der Waals surface area contributed by atoms with E-state index in [0.29, 0.717) is 12.8 Å². The normalized spacial score (nSPS) is 20.2. The quantitative estimate of drug-likeness (QED) is 0.715. The topological polar surface area (TPSA) is 78.5 Å². The van der Waals surface area contributed by atoms with Crippen LogP contribution in [-0.2, 0) is 9.59 Å². The van der Waals surface area contributed by atoms with Crippen LogP contribution < -0.4 is 10.6 Å². The molecule has 1 atom stereocenters. The molecule has 140 valence electrons. The molecule has 1 saturated carbocycles. The van der Waals surface area contributed by atoms with Crippen molar-refractivity contribution < 1.29 is 14.4 Å². The van der Waals surface area contributed by atoms with Gasteiger partial charge in [0.1, 0.15) is 12.1 Å². The van der Waals surface area contributed by atoms with Crippen LogP contribution in [0.15, 0.2) is 28.7 Å². The highest BCUT2D eigenvalue weighted by atomic mass is 79.9. The Labute approximate surface area is 161 Å². The van der Waals surface area contributed by atoms with E-state index >= 15 is 0 Å². The Morgan fingerprint density at radius 1 is 1.23 bits per heavy atom. The number of imide groups is 1. The number of rotatable bonds is 5. The molecule has 0 unspecified atom stereocenters. The van der Waals surface area contributed by atoms with Crippen LogP contribution in [0.5, 0.6) is 0 Å². The monoisotopic (exact) mass is 421 g/mol. The average molecular weight is 422 g/mol. The molecule has 0 bridgehead atoms. The summed E-state index contributed by atoms with van der Waals surface area (Å²) in [5.41, 5.74) is 0.205. The van der Waals surface area contributed by atoms with Crippen LogP contribution >= 0.6 is 15.9 Å². The maximum atomic E-state index is 12.7. The van der Waals surface area contributed by atoms with Crippen LogP contribution in [-0.4, -0.2) is 34.8 Å². The summed E-state index contributed by atoms with van der Waals surface area (Å²) in [6, 6.07) is 7.14. The zero-order valence-electron chi connectivity index (χ0n) is 14.9. The zero-order valence-corrected chi connectivity index (χ0v) is 16.5. The Bertz CT molecular complexity index is 698. The van der Waals surface area contributed by atoms with Gasteiger partial charge in [-0.2, -0.15) is 0 Å². The van der Waals surface area contributed by atoms with Crippen molar-refractivity contribution in [3.8, 4) is 0 Å². The van der Waals surface area contributed by atoms with Gasteiger partial charge in [-0.15, -0.1) is 0 Å². The van der Waals surface area contributed by atoms with E-state index in [-0.39, 0.29) is 24.4 Å². The van der Waals surface area contributed by atoms with E-state index in [1.54, 1.807) is 0 Å². The molecule has 4 amide bonds. The van der Waals surface area contributed by atoms with Gasteiger partial charge in [0.25, 0.3) is 5.91 Å². The van der Waals surface area contributed by atoms with Gasteiger partial charge in [-0.3, -0.25) is 14.5 Å². The summed E-state index contributed by atoms with van der Waals surface area (Å²) in [5.74, 6) is -0.579. The van der Waals surface area contributed by atoms with E-state index < -0.39 is 11.6 Å². The summed E-state index contributed by atoms with van der Waals surface area (Å²) in [7, 11) is 0. The van der Waals surface area contributed by atoms with Crippen LogP contribution in [0.25, 0.3) is 0 Å². The first-order chi connectivity index (χ1) is 12.4. The standard InChI is InChI=1S/C19H24BrN3O3/c1-2-15(13-6-8-14(20)9-7-13)21-16(24)12-23-17(25)19(22-18(23)26)10-4-3-5-11-19/h6-9,15H,2-5,10-12H2,1H3,(H,21,24)(H,22,26)/t15-/m1/s1. The number of hydrogen-bond acceptors (Lipinski definition) is 3. The summed E-state index contributed by atoms with van der Waals surface area (Å²) in [6.45, 7) is 1.75. The van der Waals surface area contributed by atoms with Crippen LogP contribution in [0, 0.1) is 0 Å². The van der Waals surface area contributed by atoms with Crippen molar-refractivity contribution >= 4 is 33.8 Å². The number of carbonyl (C=O) groups is 3. The molecule has 6 nitrogen and oxygen atoms in total. The molecule has 1 aromatic rings. The summed E-state index contributed by atoms with van der Waals surface area (Å²) >= 11 is 3.40. The van der Waals surface area contributed by atoms with Gasteiger partial charge in [0, 0.05) is 4.47 Å². The maximum absolute atomic E-state index is 12.7. The number of nitrogens with one attached hydrogen (secondary N) is 2. The van der Waals surface area contributed by atoms with E-state index in [1.807, 2.05) is 31.2 Å². The SMILES string of the molecule is CC[C@@H](NC(=O)CN1C(=O)NC2(CCCCC2)C1=O)c1ccc(Br)cc1. The van der Waals surface area contributed by atoms with Crippen molar-refractivity contribution in [1.82, 2.24) is 15.5 Å². The van der Waals surface area contributed by atoms with E-state index in [2.05, 4.69) is 26.6 Å². The molecule has 2 aliphatic rings. The fourth-order valence-electron chi connectivity index (χ4n) is 3.81. The molecule has 7 heteroatoms. The molecule has 26 heavy (non-hydrogen) atoms. The summed E-state index contributed by atoms with van der Waals surface area (Å²) in [5, 5.41) is 5.77. The third-order valence-electron chi connectivity index (χ3n) is 5.27. The summed E-state index contributed by atoms with van der Waals surface area (Å²) in [6.07, 6.45) is 4.97. The first kappa shape index (κ1) is 18.9. The van der Waals surface area contributed by atoms with Gasteiger partial charge in [0.2, 0.25) is 5.91 Å². The molecule has 2 fully saturated rings. The number of urea groups is 1. The van der Waals surface area contributed by atoms with E-state index in [9.17, 15) is 14.4 Å². The molecule has 1 saturated heterocycles. The number of amides is 4. The van der Waals surface area contributed by atoms with E-state index in [1.165, 1.54) is 0 Å². The largest absolute Gasteiger partial charge is 0.348 e. The van der Waals surface area contributed by atoms with Gasteiger partial charge in [0.05, 0.1) is 6.04 Å². The Balaban J connectivity index is 1.64. The third kappa shape index (κ3) is 3.77. The van der Waals surface area contributed by atoms with Crippen molar-refractivity contribution in [1.29, 1.82) is 0 Å². The Kier molecular flexibility index (Phi) is 5.65. The minimum absolute atomic E-state index is 0.153. The number of benzene rings is 1. The molecule has 1 aromatic carbocycles. The van der Waals surface area contributed by atoms with Crippen LogP contribution in [0.2, 0.25) is 0 Å². The predicted molar refractivity (Wildman–Crippen MR) is 101 cm³/mol. The number of hydrogen-bond donors (Lipinski definition) is 2. The van der Waals surface area contributed by atoms with Crippen LogP contribution in [0.1, 0.15) is 57.1 Å². The van der Waals surface area contributed by atoms with Crippen LogP contribution in [0.4, 0.5) is 4.79 Å². The van der Waals surface area contributed by atoms with Crippen molar-refractivity contribution in [3.05, 3.63) is 34.3 Å². The van der Waals surface area contributed by atoms with Crippen molar-refractivity contribution in [2.45, 2.75) is 57.0 Å². The lowest BCUT2D eigenvalue weighted by atomic mass is 9.82. The Morgan fingerprint density at radius 2 is 1.88 bits per heavy atom. The second kappa shape index (κ2) is 7.78. The first-order valence-electron chi connectivity index (χ1n) is 9.14. The lowest BCUT2D eigenvalue weighted by molar-refractivity contribution is -0.136. The lowest BCUT2D eigenvalue weighted by Gasteiger charge is -2.30. The minimum Gasteiger partial charge on any atom is -0.348 e. The Morgan fingerprint density at radius 3 is 2.50 bits per heavy atom. The molecule has 1 heterocycles. The molecular weight excluding hydrogens is 398 g/mol. The highest BCUT2D eigenvalue weighted by Crippen LogP contribution is 2.33. The average Bonchev–Trinajstić information content (AvgIpc) is 2.85. The molecule has 0 aromatic heterocycles. The number of halogens is 1. The van der Waals surface area contributed by atoms with E-state index in [0.717, 1.165) is 40.6 Å². The highest BCUT2D eigenvalue weighted by molar-refractivity contribution is 9.10. The third-order valence-corrected chi connectivity index (χ3v) is 5.80. The number of nitrogens with zero attached hydrogens (tertiary/aromatic N) is 1. The predicted octanol–water partition coefficient (Wildman–Crippen LogP) is 3.27. The molecule has 1 spiro atoms. The highest BCUT2D eigenvalue weighted by Gasteiger charge is 2.51. The fourth-order valence-corrected chi connectivity index (χ4v) is 4.08. The van der Waals surface area contributed by atoms with E-state index in [4.69, 9.17) is 0 Å². The second-order valence-electron chi connectivity index (χ2n) is 7.04. The van der Waals surface area contributed by atoms with Crippen LogP contribution in [0.3, 0.4) is 0 Å². The second-order valence-corrected chi connectivity index (χ2v) is 7.96. The molecule has 2 N–H and O–H groups in total. The number of carbonyl (C=O) groups excluding carboxylic acids is 3. The van der Waals surface area contributed by atoms with Crippen molar-refractivity contribution in [2.24, 2.45) is 0 Å². The lowest BCUT2D eigenvalue weighted by Crippen LogP contribution is -2.49. The van der Waals surface area contributed by atoms with Gasteiger partial charge >= 0.3 is 6.03 Å². The van der Waals surface area contributed by atoms with Gasteiger partial charge in [-0.05, 0) is 37.0 Å². The van der Waals surface area contributed by atoms with Gasteiger partial charge in [0.15, 0.2) is 0 Å². The molecule has 3 rings (SSSR count). The molecule has 0 radical (unpaired) electrons. The first-order valence-corrected chi connectivity index (χ1v) is 9.93. The van der Waals surface area contributed by atoms with Gasteiger partial charge in [-0.1, -0.05) is 54.2 Å². The van der Waals surface area contributed by atoms with Gasteiger partial charge < -0.3 is 10.6 Å². The zero-order chi connectivity index (χ0) is 18.7. The van der Waals surface area contributed by atoms with Gasteiger partial charge in [-0.25, -0.2) is 4.79 Å². The fraction of sp³-hybridized carbons (Fsp3) is 0.526. The summed E-state index contributed by atoms with van der Waals surface area (Å²) < 4.78 is 0.972. The smallest absolute Gasteiger partial charge is 0.325 e. The maximum Gasteiger partial charge on any atom is 0.325 e. The molecule has 1 aliphatic carbocycles.